The maximum atomic E-state index is 4.58. The highest BCUT2D eigenvalue weighted by Gasteiger charge is 2.20. The second-order valence-corrected chi connectivity index (χ2v) is 5.65. The number of anilines is 4. The number of piperazine rings is 1. The van der Waals surface area contributed by atoms with Crippen LogP contribution in [0.5, 0.6) is 0 Å². The standard InChI is InChI=1S/C17H18N8/c1-2-5-14(6-3-1)21-16-22-15(13-20-23-16)24-9-11-25(12-10-24)17-18-7-4-8-19-17/h1-8,13H,9-12H2,(H,21,22,23). The van der Waals surface area contributed by atoms with Gasteiger partial charge in [0.05, 0.1) is 6.20 Å². The molecule has 1 fully saturated rings. The first-order chi connectivity index (χ1) is 12.4. The van der Waals surface area contributed by atoms with Crippen molar-refractivity contribution in [3.63, 3.8) is 0 Å². The van der Waals surface area contributed by atoms with E-state index in [1.54, 1.807) is 18.6 Å². The van der Waals surface area contributed by atoms with Gasteiger partial charge in [0.2, 0.25) is 11.9 Å². The minimum absolute atomic E-state index is 0.498. The second kappa shape index (κ2) is 7.08. The van der Waals surface area contributed by atoms with E-state index in [1.165, 1.54) is 0 Å². The van der Waals surface area contributed by atoms with Crippen LogP contribution in [0.25, 0.3) is 0 Å². The quantitative estimate of drug-likeness (QED) is 0.772. The zero-order valence-electron chi connectivity index (χ0n) is 13.7. The van der Waals surface area contributed by atoms with Crippen LogP contribution in [0.3, 0.4) is 0 Å². The van der Waals surface area contributed by atoms with Gasteiger partial charge in [-0.05, 0) is 18.2 Å². The van der Waals surface area contributed by atoms with Gasteiger partial charge in [-0.2, -0.15) is 10.1 Å². The van der Waals surface area contributed by atoms with Crippen LogP contribution in [0.15, 0.2) is 55.0 Å². The minimum Gasteiger partial charge on any atom is -0.352 e. The van der Waals surface area contributed by atoms with Crippen molar-refractivity contribution >= 4 is 23.4 Å². The number of nitrogens with zero attached hydrogens (tertiary/aromatic N) is 7. The molecule has 8 nitrogen and oxygen atoms in total. The number of hydrogen-bond acceptors (Lipinski definition) is 8. The maximum absolute atomic E-state index is 4.58. The molecule has 1 aliphatic rings. The van der Waals surface area contributed by atoms with Crippen molar-refractivity contribution in [3.8, 4) is 0 Å². The molecule has 0 aliphatic carbocycles. The minimum atomic E-state index is 0.498. The molecule has 0 atom stereocenters. The van der Waals surface area contributed by atoms with Crippen molar-refractivity contribution < 1.29 is 0 Å². The van der Waals surface area contributed by atoms with Gasteiger partial charge in [-0.1, -0.05) is 18.2 Å². The lowest BCUT2D eigenvalue weighted by molar-refractivity contribution is 0.632. The number of rotatable bonds is 4. The summed E-state index contributed by atoms with van der Waals surface area (Å²) in [6.07, 6.45) is 5.24. The molecule has 3 heterocycles. The van der Waals surface area contributed by atoms with Gasteiger partial charge in [-0.15, -0.1) is 5.10 Å². The van der Waals surface area contributed by atoms with Crippen LogP contribution in [-0.4, -0.2) is 51.3 Å². The fourth-order valence-corrected chi connectivity index (χ4v) is 2.74. The summed E-state index contributed by atoms with van der Waals surface area (Å²) >= 11 is 0. The maximum Gasteiger partial charge on any atom is 0.249 e. The van der Waals surface area contributed by atoms with E-state index in [0.717, 1.165) is 43.6 Å². The van der Waals surface area contributed by atoms with Crippen LogP contribution in [0, 0.1) is 0 Å². The highest BCUT2D eigenvalue weighted by atomic mass is 15.4. The lowest BCUT2D eigenvalue weighted by atomic mass is 10.3. The highest BCUT2D eigenvalue weighted by Crippen LogP contribution is 2.17. The van der Waals surface area contributed by atoms with Crippen LogP contribution in [0.4, 0.5) is 23.4 Å². The molecule has 2 aromatic heterocycles. The van der Waals surface area contributed by atoms with Gasteiger partial charge in [0.15, 0.2) is 5.82 Å². The number of benzene rings is 1. The molecule has 1 saturated heterocycles. The summed E-state index contributed by atoms with van der Waals surface area (Å²) in [5.74, 6) is 2.09. The van der Waals surface area contributed by atoms with E-state index in [9.17, 15) is 0 Å². The van der Waals surface area contributed by atoms with Gasteiger partial charge in [-0.25, -0.2) is 9.97 Å². The van der Waals surface area contributed by atoms with Crippen LogP contribution in [0.1, 0.15) is 0 Å². The number of aromatic nitrogens is 5. The summed E-state index contributed by atoms with van der Waals surface area (Å²) in [5, 5.41) is 11.3. The summed E-state index contributed by atoms with van der Waals surface area (Å²) in [4.78, 5) is 17.6. The Balaban J connectivity index is 1.42. The van der Waals surface area contributed by atoms with Crippen molar-refractivity contribution in [1.82, 2.24) is 25.1 Å². The topological polar surface area (TPSA) is 83.0 Å². The molecule has 1 aromatic carbocycles. The predicted molar refractivity (Wildman–Crippen MR) is 96.0 cm³/mol. The van der Waals surface area contributed by atoms with Gasteiger partial charge >= 0.3 is 0 Å². The Morgan fingerprint density at radius 3 is 2.32 bits per heavy atom. The molecule has 0 bridgehead atoms. The zero-order chi connectivity index (χ0) is 16.9. The molecule has 0 unspecified atom stereocenters. The van der Waals surface area contributed by atoms with Gasteiger partial charge < -0.3 is 15.1 Å². The van der Waals surface area contributed by atoms with Gasteiger partial charge in [-0.3, -0.25) is 0 Å². The summed E-state index contributed by atoms with van der Waals surface area (Å²) in [6, 6.07) is 11.7. The van der Waals surface area contributed by atoms with E-state index in [2.05, 4.69) is 40.3 Å². The van der Waals surface area contributed by atoms with Crippen LogP contribution >= 0.6 is 0 Å². The third kappa shape index (κ3) is 3.63. The van der Waals surface area contributed by atoms with E-state index in [0.29, 0.717) is 5.95 Å². The Bertz CT molecular complexity index is 803. The van der Waals surface area contributed by atoms with Crippen molar-refractivity contribution in [2.24, 2.45) is 0 Å². The Morgan fingerprint density at radius 2 is 1.56 bits per heavy atom. The highest BCUT2D eigenvalue weighted by molar-refractivity contribution is 5.54. The Morgan fingerprint density at radius 1 is 0.840 bits per heavy atom. The van der Waals surface area contributed by atoms with Gasteiger partial charge in [0.1, 0.15) is 0 Å². The average molecular weight is 334 g/mol. The first kappa shape index (κ1) is 15.3. The molecule has 25 heavy (non-hydrogen) atoms. The van der Waals surface area contributed by atoms with E-state index in [-0.39, 0.29) is 0 Å². The molecule has 3 aromatic rings. The van der Waals surface area contributed by atoms with E-state index in [1.807, 2.05) is 36.4 Å². The third-order valence-corrected chi connectivity index (χ3v) is 4.01. The Labute approximate surface area is 145 Å². The van der Waals surface area contributed by atoms with E-state index in [4.69, 9.17) is 0 Å². The smallest absolute Gasteiger partial charge is 0.249 e. The van der Waals surface area contributed by atoms with Crippen molar-refractivity contribution in [1.29, 1.82) is 0 Å². The lowest BCUT2D eigenvalue weighted by Gasteiger charge is -2.35. The second-order valence-electron chi connectivity index (χ2n) is 5.65. The first-order valence-electron chi connectivity index (χ1n) is 8.17. The fraction of sp³-hybridized carbons (Fsp3) is 0.235. The zero-order valence-corrected chi connectivity index (χ0v) is 13.7. The molecule has 126 valence electrons. The van der Waals surface area contributed by atoms with Crippen LogP contribution in [-0.2, 0) is 0 Å². The first-order valence-corrected chi connectivity index (χ1v) is 8.17. The molecule has 1 aliphatic heterocycles. The summed E-state index contributed by atoms with van der Waals surface area (Å²) in [5.41, 5.74) is 0.937. The summed E-state index contributed by atoms with van der Waals surface area (Å²) in [7, 11) is 0. The van der Waals surface area contributed by atoms with Crippen molar-refractivity contribution in [2.75, 3.05) is 41.3 Å². The molecule has 8 heteroatoms. The summed E-state index contributed by atoms with van der Waals surface area (Å²) in [6.45, 7) is 3.36. The van der Waals surface area contributed by atoms with Gasteiger partial charge in [0, 0.05) is 44.3 Å². The number of hydrogen-bond donors (Lipinski definition) is 1. The molecule has 0 saturated carbocycles. The van der Waals surface area contributed by atoms with Crippen molar-refractivity contribution in [2.45, 2.75) is 0 Å². The van der Waals surface area contributed by atoms with E-state index < -0.39 is 0 Å². The van der Waals surface area contributed by atoms with Gasteiger partial charge in [0.25, 0.3) is 0 Å². The average Bonchev–Trinajstić information content (AvgIpc) is 2.70. The molecule has 0 amide bonds. The van der Waals surface area contributed by atoms with Crippen LogP contribution < -0.4 is 15.1 Å². The molecule has 0 spiro atoms. The predicted octanol–water partition coefficient (Wildman–Crippen LogP) is 1.73. The number of nitrogens with one attached hydrogen (secondary N) is 1. The third-order valence-electron chi connectivity index (χ3n) is 4.01. The van der Waals surface area contributed by atoms with E-state index >= 15 is 0 Å². The lowest BCUT2D eigenvalue weighted by Crippen LogP contribution is -2.47. The van der Waals surface area contributed by atoms with Crippen molar-refractivity contribution in [3.05, 3.63) is 55.0 Å². The fourth-order valence-electron chi connectivity index (χ4n) is 2.74. The molecule has 0 radical (unpaired) electrons. The Hall–Kier alpha value is -3.29. The normalized spacial score (nSPS) is 14.4. The molecule has 4 rings (SSSR count). The van der Waals surface area contributed by atoms with Crippen LogP contribution in [0.2, 0.25) is 0 Å². The Kier molecular flexibility index (Phi) is 4.32. The summed E-state index contributed by atoms with van der Waals surface area (Å²) < 4.78 is 0. The SMILES string of the molecule is c1ccc(Nc2nncc(N3CCN(c4ncccn4)CC3)n2)cc1. The monoisotopic (exact) mass is 334 g/mol. The molecule has 1 N–H and O–H groups in total. The largest absolute Gasteiger partial charge is 0.352 e. The number of para-hydroxylation sites is 1. The molecular weight excluding hydrogens is 316 g/mol. The molecular formula is C17H18N8.